The molecule has 0 radical (unpaired) electrons. The van der Waals surface area contributed by atoms with Crippen LogP contribution in [-0.4, -0.2) is 57.2 Å². The van der Waals surface area contributed by atoms with Crippen molar-refractivity contribution in [1.82, 2.24) is 19.4 Å². The Morgan fingerprint density at radius 3 is 2.55 bits per heavy atom. The van der Waals surface area contributed by atoms with Gasteiger partial charge >= 0.3 is 5.69 Å². The fraction of sp³-hybridized carbons (Fsp3) is 0.344. The predicted octanol–water partition coefficient (Wildman–Crippen LogP) is 5.54. The summed E-state index contributed by atoms with van der Waals surface area (Å²) in [4.78, 5) is 43.6. The lowest BCUT2D eigenvalue weighted by molar-refractivity contribution is -0.126. The zero-order chi connectivity index (χ0) is 30.3. The van der Waals surface area contributed by atoms with E-state index in [-0.39, 0.29) is 46.5 Å². The Kier molecular flexibility index (Phi) is 7.90. The van der Waals surface area contributed by atoms with Crippen molar-refractivity contribution in [1.29, 1.82) is 0 Å². The normalized spacial score (nSPS) is 19.1. The quantitative estimate of drug-likeness (QED) is 0.363. The average Bonchev–Trinajstić information content (AvgIpc) is 2.96. The fourth-order valence-electron chi connectivity index (χ4n) is 5.80. The first-order valence-corrected chi connectivity index (χ1v) is 14.1. The number of hydrogen-bond donors (Lipinski definition) is 0. The first-order chi connectivity index (χ1) is 20.1. The van der Waals surface area contributed by atoms with Crippen LogP contribution in [0.5, 0.6) is 0 Å². The monoisotopic (exact) mass is 572 g/mol. The van der Waals surface area contributed by atoms with E-state index in [0.29, 0.717) is 48.4 Å². The lowest BCUT2D eigenvalue weighted by Crippen LogP contribution is -2.54. The van der Waals surface area contributed by atoms with Crippen molar-refractivity contribution >= 4 is 40.7 Å². The summed E-state index contributed by atoms with van der Waals surface area (Å²) in [6, 6.07) is 5.42. The Balaban J connectivity index is 1.83. The molecular weight excluding hydrogens is 538 g/mol. The van der Waals surface area contributed by atoms with Gasteiger partial charge in [-0.25, -0.2) is 23.1 Å². The van der Waals surface area contributed by atoms with Crippen molar-refractivity contribution < 1.29 is 13.6 Å². The molecule has 2 atom stereocenters. The third-order valence-corrected chi connectivity index (χ3v) is 7.90. The van der Waals surface area contributed by atoms with Crippen LogP contribution < -0.4 is 10.6 Å². The number of piperazine rings is 1. The third-order valence-electron chi connectivity index (χ3n) is 7.90. The fourth-order valence-corrected chi connectivity index (χ4v) is 5.80. The van der Waals surface area contributed by atoms with Gasteiger partial charge in [0.05, 0.1) is 16.8 Å². The number of aromatic nitrogens is 3. The van der Waals surface area contributed by atoms with Gasteiger partial charge in [0.1, 0.15) is 17.3 Å². The van der Waals surface area contributed by atoms with Gasteiger partial charge in [0.25, 0.3) is 0 Å². The van der Waals surface area contributed by atoms with Crippen molar-refractivity contribution in [3.05, 3.63) is 76.9 Å². The highest BCUT2D eigenvalue weighted by Crippen LogP contribution is 2.37. The molecule has 2 aromatic heterocycles. The highest BCUT2D eigenvalue weighted by molar-refractivity contribution is 5.92. The Hall–Kier alpha value is -4.47. The second-order valence-corrected chi connectivity index (χ2v) is 11.1. The van der Waals surface area contributed by atoms with Gasteiger partial charge in [0.2, 0.25) is 5.91 Å². The molecule has 0 bridgehead atoms. The number of aliphatic imine (C=N–C) groups is 1. The summed E-state index contributed by atoms with van der Waals surface area (Å²) in [7, 11) is 0. The molecular formula is C32H34F2N6O2. The lowest BCUT2D eigenvalue weighted by atomic mass is 9.95. The van der Waals surface area contributed by atoms with E-state index in [0.717, 1.165) is 0 Å². The molecule has 218 valence electrons. The van der Waals surface area contributed by atoms with Crippen LogP contribution in [-0.2, 0) is 4.79 Å². The van der Waals surface area contributed by atoms with Gasteiger partial charge in [0, 0.05) is 43.4 Å². The van der Waals surface area contributed by atoms with Crippen LogP contribution >= 0.6 is 0 Å². The van der Waals surface area contributed by atoms with Crippen molar-refractivity contribution in [3.63, 3.8) is 0 Å². The van der Waals surface area contributed by atoms with Gasteiger partial charge in [-0.2, -0.15) is 4.98 Å². The molecule has 2 aliphatic rings. The zero-order valence-corrected chi connectivity index (χ0v) is 24.3. The summed E-state index contributed by atoms with van der Waals surface area (Å²) in [5, 5.41) is 0.306. The number of anilines is 1. The molecule has 0 spiro atoms. The summed E-state index contributed by atoms with van der Waals surface area (Å²) < 4.78 is 32.6. The van der Waals surface area contributed by atoms with Crippen LogP contribution in [0.25, 0.3) is 34.1 Å². The average molecular weight is 573 g/mol. The summed E-state index contributed by atoms with van der Waals surface area (Å²) in [5.74, 6) is -1.46. The van der Waals surface area contributed by atoms with E-state index in [9.17, 15) is 9.59 Å². The number of carbonyl (C=O) groups excluding carboxylic acids is 1. The summed E-state index contributed by atoms with van der Waals surface area (Å²) in [5.41, 5.74) is 1.03. The molecule has 4 heterocycles. The largest absolute Gasteiger partial charge is 0.355 e. The van der Waals surface area contributed by atoms with E-state index in [1.54, 1.807) is 11.0 Å². The van der Waals surface area contributed by atoms with Crippen molar-refractivity contribution in [2.75, 3.05) is 24.5 Å². The third kappa shape index (κ3) is 4.95. The highest BCUT2D eigenvalue weighted by Gasteiger charge is 2.32. The zero-order valence-electron chi connectivity index (χ0n) is 24.3. The van der Waals surface area contributed by atoms with Crippen LogP contribution in [0.2, 0.25) is 0 Å². The number of pyridine rings is 1. The molecule has 42 heavy (non-hydrogen) atoms. The van der Waals surface area contributed by atoms with Crippen LogP contribution in [0.1, 0.15) is 39.7 Å². The summed E-state index contributed by atoms with van der Waals surface area (Å²) >= 11 is 0. The Bertz CT molecular complexity index is 1720. The molecule has 0 saturated carbocycles. The molecule has 5 rings (SSSR count). The number of nitrogens with zero attached hydrogens (tertiary/aromatic N) is 6. The molecule has 1 unspecified atom stereocenters. The number of carbonyl (C=O) groups is 1. The molecule has 2 aliphatic heterocycles. The van der Waals surface area contributed by atoms with Gasteiger partial charge in [-0.15, -0.1) is 0 Å². The minimum Gasteiger partial charge on any atom is -0.350 e. The van der Waals surface area contributed by atoms with Gasteiger partial charge < -0.3 is 9.80 Å². The molecule has 3 aromatic rings. The van der Waals surface area contributed by atoms with Gasteiger partial charge in [0.15, 0.2) is 11.5 Å². The molecule has 8 nitrogen and oxygen atoms in total. The first-order valence-electron chi connectivity index (χ1n) is 14.1. The predicted molar refractivity (Wildman–Crippen MR) is 163 cm³/mol. The van der Waals surface area contributed by atoms with E-state index in [4.69, 9.17) is 0 Å². The summed E-state index contributed by atoms with van der Waals surface area (Å²) in [6.45, 7) is 16.3. The Morgan fingerprint density at radius 2 is 1.88 bits per heavy atom. The number of halogens is 2. The minimum atomic E-state index is -0.759. The topological polar surface area (TPSA) is 83.7 Å². The van der Waals surface area contributed by atoms with Crippen LogP contribution in [0.3, 0.4) is 0 Å². The lowest BCUT2D eigenvalue weighted by Gasteiger charge is -2.40. The van der Waals surface area contributed by atoms with Gasteiger partial charge in [-0.05, 0) is 43.0 Å². The standard InChI is InChI=1S/C32H34F2N6O2/c1-7-21-10-9-11-23(33)26(21)28-24(34)16-22-30(39-15-14-38(17-20(39)6)25(41)8-2)37-32(42)40(31(22)36-28)29-19(5)12-13-35-27(29)18(3)4/h7-11,13,16,18-20H,1-2,12,14-15,17H2,3-6H3/t19?,20-/m0/s1. The van der Waals surface area contributed by atoms with E-state index in [1.165, 1.54) is 34.9 Å². The van der Waals surface area contributed by atoms with Crippen LogP contribution in [0.4, 0.5) is 14.6 Å². The maximum atomic E-state index is 16.0. The summed E-state index contributed by atoms with van der Waals surface area (Å²) in [6.07, 6.45) is 5.14. The maximum absolute atomic E-state index is 16.0. The van der Waals surface area contributed by atoms with Crippen molar-refractivity contribution in [2.24, 2.45) is 16.8 Å². The number of benzene rings is 1. The Labute approximate surface area is 243 Å². The number of fused-ring (bicyclic) bond motifs is 1. The van der Waals surface area contributed by atoms with Gasteiger partial charge in [-0.3, -0.25) is 9.79 Å². The number of allylic oxidation sites excluding steroid dienone is 2. The molecule has 1 aromatic carbocycles. The molecule has 1 saturated heterocycles. The Morgan fingerprint density at radius 1 is 1.12 bits per heavy atom. The second-order valence-electron chi connectivity index (χ2n) is 11.1. The van der Waals surface area contributed by atoms with Crippen molar-refractivity contribution in [3.8, 4) is 11.3 Å². The number of amides is 1. The van der Waals surface area contributed by atoms with E-state index in [2.05, 4.69) is 28.1 Å². The maximum Gasteiger partial charge on any atom is 0.355 e. The van der Waals surface area contributed by atoms with Crippen LogP contribution in [0.15, 0.2) is 59.0 Å². The smallest absolute Gasteiger partial charge is 0.350 e. The molecule has 10 heteroatoms. The van der Waals surface area contributed by atoms with E-state index < -0.39 is 17.3 Å². The molecule has 0 N–H and O–H groups in total. The molecule has 1 fully saturated rings. The van der Waals surface area contributed by atoms with Gasteiger partial charge in [-0.1, -0.05) is 52.1 Å². The van der Waals surface area contributed by atoms with Crippen LogP contribution in [0, 0.1) is 23.5 Å². The molecule has 0 aliphatic carbocycles. The first kappa shape index (κ1) is 29.0. The second kappa shape index (κ2) is 11.4. The minimum absolute atomic E-state index is 0.0185. The highest BCUT2D eigenvalue weighted by atomic mass is 19.1. The molecule has 1 amide bonds. The van der Waals surface area contributed by atoms with E-state index >= 15 is 8.78 Å². The van der Waals surface area contributed by atoms with Crippen molar-refractivity contribution in [2.45, 2.75) is 40.2 Å². The number of rotatable bonds is 6. The SMILES string of the molecule is C=CC(=O)N1CCN(c2nc(=O)n(C3=C(C(C)C)N=CCC3C)c3nc(-c4c(F)cccc4C=C)c(F)cc23)[C@@H](C)C1. The number of hydrogen-bond acceptors (Lipinski definition) is 6. The van der Waals surface area contributed by atoms with E-state index in [1.807, 2.05) is 38.8 Å².